The Morgan fingerprint density at radius 2 is 2.06 bits per heavy atom. The van der Waals surface area contributed by atoms with Gasteiger partial charge in [-0.2, -0.15) is 9.97 Å². The lowest BCUT2D eigenvalue weighted by Gasteiger charge is -2.28. The second-order valence-electron chi connectivity index (χ2n) is 7.91. The Balaban J connectivity index is 1.77. The van der Waals surface area contributed by atoms with Crippen molar-refractivity contribution < 1.29 is 24.5 Å². The minimum Gasteiger partial charge on any atom is -0.462 e. The van der Waals surface area contributed by atoms with Gasteiger partial charge in [0.05, 0.1) is 9.92 Å². The van der Waals surface area contributed by atoms with E-state index in [1.165, 1.54) is 11.8 Å². The summed E-state index contributed by atoms with van der Waals surface area (Å²) in [5.74, 6) is 0.469. The standard InChI is InChI=1S/C19H30N6O5S/c1-6-8(2)11(20)18(28)29-7-10-12(26)13(27)17(30-10)25-9(3)31-14-15(24(4)5)22-19(21)23-16(14)25/h8,10-13,17,26-27H,3,6-7,20H2,1-2,4-5H3,(H2,21,22,23)/t8?,10-,11+,12-,13-,17-/m1/s1. The number of thioether (sulfide) groups is 1. The van der Waals surface area contributed by atoms with Crippen LogP contribution in [0.5, 0.6) is 0 Å². The molecule has 0 aromatic carbocycles. The highest BCUT2D eigenvalue weighted by molar-refractivity contribution is 8.03. The van der Waals surface area contributed by atoms with Crippen molar-refractivity contribution in [3.05, 3.63) is 11.6 Å². The van der Waals surface area contributed by atoms with Gasteiger partial charge in [0.25, 0.3) is 0 Å². The fourth-order valence-electron chi connectivity index (χ4n) is 3.38. The van der Waals surface area contributed by atoms with Crippen molar-refractivity contribution in [1.82, 2.24) is 9.97 Å². The van der Waals surface area contributed by atoms with E-state index in [0.29, 0.717) is 21.6 Å². The highest BCUT2D eigenvalue weighted by Crippen LogP contribution is 2.50. The Morgan fingerprint density at radius 3 is 2.68 bits per heavy atom. The summed E-state index contributed by atoms with van der Waals surface area (Å²) in [6.45, 7) is 7.57. The van der Waals surface area contributed by atoms with Crippen molar-refractivity contribution in [3.63, 3.8) is 0 Å². The van der Waals surface area contributed by atoms with Crippen LogP contribution in [0.2, 0.25) is 0 Å². The van der Waals surface area contributed by atoms with E-state index in [1.54, 1.807) is 9.80 Å². The number of aromatic nitrogens is 2. The zero-order chi connectivity index (χ0) is 23.0. The second-order valence-corrected chi connectivity index (χ2v) is 8.99. The summed E-state index contributed by atoms with van der Waals surface area (Å²) in [6, 6.07) is -0.768. The zero-order valence-electron chi connectivity index (χ0n) is 18.1. The predicted octanol–water partition coefficient (Wildman–Crippen LogP) is -0.129. The number of hydrogen-bond acceptors (Lipinski definition) is 12. The van der Waals surface area contributed by atoms with Gasteiger partial charge >= 0.3 is 5.97 Å². The Labute approximate surface area is 185 Å². The van der Waals surface area contributed by atoms with Crippen LogP contribution >= 0.6 is 11.8 Å². The number of carbonyl (C=O) groups excluding carboxylic acids is 1. The van der Waals surface area contributed by atoms with E-state index in [4.69, 9.17) is 20.9 Å². The van der Waals surface area contributed by atoms with Crippen LogP contribution < -0.4 is 21.3 Å². The largest absolute Gasteiger partial charge is 0.462 e. The molecule has 0 saturated carbocycles. The normalized spacial score (nSPS) is 27.2. The Bertz CT molecular complexity index is 855. The minimum absolute atomic E-state index is 0.0438. The molecule has 1 unspecified atom stereocenters. The van der Waals surface area contributed by atoms with Crippen molar-refractivity contribution in [3.8, 4) is 0 Å². The van der Waals surface area contributed by atoms with Gasteiger partial charge in [0.1, 0.15) is 36.8 Å². The maximum absolute atomic E-state index is 12.2. The predicted molar refractivity (Wildman–Crippen MR) is 117 cm³/mol. The monoisotopic (exact) mass is 454 g/mol. The highest BCUT2D eigenvalue weighted by atomic mass is 32.2. The molecule has 1 fully saturated rings. The van der Waals surface area contributed by atoms with Crippen molar-refractivity contribution in [2.24, 2.45) is 11.7 Å². The third kappa shape index (κ3) is 4.44. The fourth-order valence-corrected chi connectivity index (χ4v) is 4.45. The number of nitrogen functional groups attached to an aromatic ring is 1. The van der Waals surface area contributed by atoms with E-state index in [9.17, 15) is 15.0 Å². The fraction of sp³-hybridized carbons (Fsp3) is 0.632. The first-order chi connectivity index (χ1) is 14.6. The van der Waals surface area contributed by atoms with Crippen LogP contribution in [0.3, 0.4) is 0 Å². The molecule has 0 spiro atoms. The molecule has 2 aliphatic heterocycles. The summed E-state index contributed by atoms with van der Waals surface area (Å²) in [5, 5.41) is 21.7. The van der Waals surface area contributed by atoms with Crippen LogP contribution in [0.4, 0.5) is 17.6 Å². The first-order valence-electron chi connectivity index (χ1n) is 10.0. The SMILES string of the molecule is C=C1Sc2c(N(C)C)nc(N)nc2N1[C@@H]1O[C@H](COC(=O)[C@@H](N)C(C)CC)[C@@H](O)[C@H]1O. The Morgan fingerprint density at radius 1 is 1.39 bits per heavy atom. The van der Waals surface area contributed by atoms with Crippen molar-refractivity contribution >= 4 is 35.3 Å². The van der Waals surface area contributed by atoms with E-state index < -0.39 is 36.6 Å². The number of nitrogens with zero attached hydrogens (tertiary/aromatic N) is 4. The van der Waals surface area contributed by atoms with Gasteiger partial charge < -0.3 is 36.1 Å². The first-order valence-corrected chi connectivity index (χ1v) is 10.8. The molecule has 2 aliphatic rings. The van der Waals surface area contributed by atoms with Gasteiger partial charge in [0.2, 0.25) is 5.95 Å². The van der Waals surface area contributed by atoms with Crippen molar-refractivity contribution in [2.45, 2.75) is 55.7 Å². The molecule has 0 bridgehead atoms. The van der Waals surface area contributed by atoms with Crippen LogP contribution in [0.1, 0.15) is 20.3 Å². The molecular weight excluding hydrogens is 424 g/mol. The van der Waals surface area contributed by atoms with Gasteiger partial charge in [-0.05, 0) is 5.92 Å². The van der Waals surface area contributed by atoms with E-state index >= 15 is 0 Å². The van der Waals surface area contributed by atoms with Gasteiger partial charge in [-0.15, -0.1) is 0 Å². The third-order valence-corrected chi connectivity index (χ3v) is 6.50. The topological polar surface area (TPSA) is 160 Å². The number of fused-ring (bicyclic) bond motifs is 1. The third-order valence-electron chi connectivity index (χ3n) is 5.50. The van der Waals surface area contributed by atoms with Crippen molar-refractivity contribution in [1.29, 1.82) is 0 Å². The molecule has 6 N–H and O–H groups in total. The summed E-state index contributed by atoms with van der Waals surface area (Å²) in [4.78, 5) is 24.8. The summed E-state index contributed by atoms with van der Waals surface area (Å²) in [6.07, 6.45) is -3.79. The maximum atomic E-state index is 12.2. The number of aliphatic hydroxyl groups is 2. The summed E-state index contributed by atoms with van der Waals surface area (Å²) in [7, 11) is 3.65. The van der Waals surface area contributed by atoms with Gasteiger partial charge in [0.15, 0.2) is 12.0 Å². The molecule has 3 rings (SSSR count). The van der Waals surface area contributed by atoms with Crippen LogP contribution in [-0.2, 0) is 14.3 Å². The number of nitrogens with two attached hydrogens (primary N) is 2. The van der Waals surface area contributed by atoms with Crippen LogP contribution in [0.15, 0.2) is 16.5 Å². The van der Waals surface area contributed by atoms with Crippen molar-refractivity contribution in [2.75, 3.05) is 36.2 Å². The second kappa shape index (κ2) is 9.17. The average molecular weight is 455 g/mol. The van der Waals surface area contributed by atoms with Gasteiger partial charge in [-0.1, -0.05) is 38.6 Å². The van der Waals surface area contributed by atoms with E-state index in [2.05, 4.69) is 16.5 Å². The molecule has 1 aromatic rings. The molecule has 0 amide bonds. The summed E-state index contributed by atoms with van der Waals surface area (Å²) < 4.78 is 11.1. The molecule has 11 nitrogen and oxygen atoms in total. The van der Waals surface area contributed by atoms with Crippen LogP contribution in [0.25, 0.3) is 0 Å². The number of ether oxygens (including phenoxy) is 2. The van der Waals surface area contributed by atoms with E-state index in [-0.39, 0.29) is 18.5 Å². The summed E-state index contributed by atoms with van der Waals surface area (Å²) >= 11 is 1.32. The van der Waals surface area contributed by atoms with E-state index in [0.717, 1.165) is 6.42 Å². The Kier molecular flexibility index (Phi) is 6.96. The molecule has 0 radical (unpaired) electrons. The van der Waals surface area contributed by atoms with Crippen LogP contribution in [0, 0.1) is 5.92 Å². The number of esters is 1. The molecule has 12 heteroatoms. The minimum atomic E-state index is -1.30. The lowest BCUT2D eigenvalue weighted by molar-refractivity contribution is -0.152. The number of rotatable bonds is 7. The van der Waals surface area contributed by atoms with Gasteiger partial charge in [-0.25, -0.2) is 0 Å². The Hall–Kier alpha value is -2.12. The lowest BCUT2D eigenvalue weighted by Crippen LogP contribution is -2.42. The quantitative estimate of drug-likeness (QED) is 0.405. The highest BCUT2D eigenvalue weighted by Gasteiger charge is 2.49. The zero-order valence-corrected chi connectivity index (χ0v) is 18.9. The molecule has 1 aromatic heterocycles. The average Bonchev–Trinajstić information content (AvgIpc) is 3.19. The molecule has 172 valence electrons. The number of aliphatic hydroxyl groups excluding tert-OH is 2. The molecule has 31 heavy (non-hydrogen) atoms. The molecule has 1 saturated heterocycles. The van der Waals surface area contributed by atoms with Gasteiger partial charge in [-0.3, -0.25) is 9.69 Å². The maximum Gasteiger partial charge on any atom is 0.323 e. The number of hydrogen-bond donors (Lipinski definition) is 4. The molecule has 0 aliphatic carbocycles. The lowest BCUT2D eigenvalue weighted by atomic mass is 10.0. The molecule has 6 atom stereocenters. The number of carbonyl (C=O) groups is 1. The van der Waals surface area contributed by atoms with Gasteiger partial charge in [0, 0.05) is 14.1 Å². The van der Waals surface area contributed by atoms with E-state index in [1.807, 2.05) is 27.9 Å². The number of anilines is 3. The molecular formula is C19H30N6O5S. The summed E-state index contributed by atoms with van der Waals surface area (Å²) in [5.41, 5.74) is 11.8. The van der Waals surface area contributed by atoms with Crippen LogP contribution in [-0.4, -0.2) is 77.4 Å². The first kappa shape index (κ1) is 23.5. The molecule has 3 heterocycles. The smallest absolute Gasteiger partial charge is 0.323 e.